The molecule has 0 saturated heterocycles. The van der Waals surface area contributed by atoms with Gasteiger partial charge in [-0.1, -0.05) is 46.8 Å². The Bertz CT molecular complexity index is 1210. The smallest absolute Gasteiger partial charge is 0.362 e. The van der Waals surface area contributed by atoms with E-state index in [-0.39, 0.29) is 45.1 Å². The number of allylic oxidation sites excluding steroid dienone is 1. The normalized spacial score (nSPS) is 43.4. The third-order valence-electron chi connectivity index (χ3n) is 15.2. The highest BCUT2D eigenvalue weighted by atomic mass is 16.5. The summed E-state index contributed by atoms with van der Waals surface area (Å²) in [5.74, 6) is 2.79. The Kier molecular flexibility index (Phi) is 9.05. The quantitative estimate of drug-likeness (QED) is 0.156. The minimum atomic E-state index is -0.0592. The van der Waals surface area contributed by atoms with Crippen molar-refractivity contribution in [3.8, 4) is 0 Å². The van der Waals surface area contributed by atoms with Crippen molar-refractivity contribution in [1.82, 2.24) is 0 Å². The summed E-state index contributed by atoms with van der Waals surface area (Å²) in [6.07, 6.45) is 11.8. The van der Waals surface area contributed by atoms with Gasteiger partial charge in [-0.05, 0) is 117 Å². The van der Waals surface area contributed by atoms with Crippen LogP contribution < -0.4 is 0 Å². The molecular weight excluding hydrogens is 572 g/mol. The van der Waals surface area contributed by atoms with Gasteiger partial charge in [-0.15, -0.1) is 0 Å². The van der Waals surface area contributed by atoms with E-state index in [1.807, 2.05) is 0 Å². The number of quaternary nitrogens is 2. The molecule has 0 bridgehead atoms. The number of hydrogen-bond acceptors (Lipinski definition) is 4. The molecule has 5 unspecified atom stereocenters. The van der Waals surface area contributed by atoms with Gasteiger partial charge in [0.05, 0.1) is 48.9 Å². The van der Waals surface area contributed by atoms with Crippen LogP contribution in [-0.4, -0.2) is 89.0 Å². The summed E-state index contributed by atoms with van der Waals surface area (Å²) in [5, 5.41) is 0. The van der Waals surface area contributed by atoms with Gasteiger partial charge in [0.2, 0.25) is 0 Å². The lowest BCUT2D eigenvalue weighted by atomic mass is 9.32. The van der Waals surface area contributed by atoms with Crippen molar-refractivity contribution in [3.63, 3.8) is 0 Å². The average Bonchev–Trinajstić information content (AvgIpc) is 3.28. The molecule has 5 rings (SSSR count). The van der Waals surface area contributed by atoms with Gasteiger partial charge in [-0.2, -0.15) is 0 Å². The van der Waals surface area contributed by atoms with Gasteiger partial charge >= 0.3 is 11.9 Å². The number of ether oxygens (including phenoxy) is 2. The summed E-state index contributed by atoms with van der Waals surface area (Å²) in [6, 6.07) is 0. The number of likely N-dealkylation sites (N-methyl/N-ethyl adjacent to an activating group) is 2. The Morgan fingerprint density at radius 3 is 1.96 bits per heavy atom. The molecule has 6 heteroatoms. The van der Waals surface area contributed by atoms with E-state index in [1.54, 1.807) is 0 Å². The second-order valence-corrected chi connectivity index (χ2v) is 20.4. The van der Waals surface area contributed by atoms with Gasteiger partial charge in [0.1, 0.15) is 6.10 Å². The van der Waals surface area contributed by atoms with Crippen LogP contribution in [0.5, 0.6) is 0 Å². The van der Waals surface area contributed by atoms with E-state index in [2.05, 4.69) is 90.4 Å². The molecule has 0 aliphatic heterocycles. The van der Waals surface area contributed by atoms with E-state index in [9.17, 15) is 9.59 Å². The fraction of sp³-hybridized carbons (Fsp3) is 0.900. The standard InChI is InChI=1S/C40H70N2O4/c1-27(2)28-16-21-40(26-45-33(43)24-41(8,9)10)23-22-38(6)29(35(28)40)14-15-31-37(5)19-18-32(46-34(44)25-42(11,12)13)36(3,4)30(37)17-20-39(31,38)7/h28-32,35H,1,14-26H2,2-13H3/q+2/t28?,29?,30?,31?,32-,35?,37-,38+,39+,40+/m0/s1. The van der Waals surface area contributed by atoms with E-state index in [0.29, 0.717) is 58.3 Å². The van der Waals surface area contributed by atoms with Crippen molar-refractivity contribution in [3.05, 3.63) is 12.2 Å². The molecule has 5 aliphatic rings. The molecule has 0 heterocycles. The number of esters is 2. The number of carbonyl (C=O) groups is 2. The maximum atomic E-state index is 13.0. The van der Waals surface area contributed by atoms with Gasteiger partial charge in [0, 0.05) is 10.8 Å². The van der Waals surface area contributed by atoms with Crippen molar-refractivity contribution in [2.45, 2.75) is 112 Å². The topological polar surface area (TPSA) is 52.6 Å². The largest absolute Gasteiger partial charge is 0.461 e. The summed E-state index contributed by atoms with van der Waals surface area (Å²) >= 11 is 0. The third-order valence-corrected chi connectivity index (χ3v) is 15.2. The van der Waals surface area contributed by atoms with Gasteiger partial charge in [-0.3, -0.25) is 0 Å². The Hall–Kier alpha value is -1.40. The molecule has 0 aromatic carbocycles. The monoisotopic (exact) mass is 643 g/mol. The lowest BCUT2D eigenvalue weighted by molar-refractivity contribution is -0.862. The Balaban J connectivity index is 1.40. The Labute approximate surface area is 282 Å². The van der Waals surface area contributed by atoms with E-state index >= 15 is 0 Å². The van der Waals surface area contributed by atoms with Crippen molar-refractivity contribution in [2.24, 2.45) is 56.7 Å². The first-order valence-electron chi connectivity index (χ1n) is 18.6. The van der Waals surface area contributed by atoms with Crippen LogP contribution in [0.1, 0.15) is 106 Å². The SMILES string of the molecule is C=C(C)C1CC[C@]2(COC(=O)C[N+](C)(C)C)CC[C@]3(C)C(CCC4[C@@]5(C)CC[C@H](OC(=O)C[N+](C)(C)C)C(C)(C)C5CC[C@]43C)C12. The summed E-state index contributed by atoms with van der Waals surface area (Å²) in [5.41, 5.74) is 2.12. The highest BCUT2D eigenvalue weighted by molar-refractivity contribution is 5.71. The second-order valence-electron chi connectivity index (χ2n) is 20.4. The predicted molar refractivity (Wildman–Crippen MR) is 186 cm³/mol. The van der Waals surface area contributed by atoms with Crippen LogP contribution in [0.2, 0.25) is 0 Å². The van der Waals surface area contributed by atoms with Crippen molar-refractivity contribution in [2.75, 3.05) is 62.0 Å². The molecule has 5 fully saturated rings. The molecule has 0 N–H and O–H groups in total. The van der Waals surface area contributed by atoms with Gasteiger partial charge in [-0.25, -0.2) is 9.59 Å². The first-order valence-corrected chi connectivity index (χ1v) is 18.6. The van der Waals surface area contributed by atoms with Crippen LogP contribution in [0.4, 0.5) is 0 Å². The molecule has 5 aliphatic carbocycles. The first-order chi connectivity index (χ1) is 21.0. The van der Waals surface area contributed by atoms with Gasteiger partial charge in [0.25, 0.3) is 0 Å². The van der Waals surface area contributed by atoms with Crippen LogP contribution in [0.25, 0.3) is 0 Å². The number of rotatable bonds is 8. The summed E-state index contributed by atoms with van der Waals surface area (Å²) in [6.45, 7) is 21.0. The van der Waals surface area contributed by atoms with E-state index in [0.717, 1.165) is 25.7 Å². The molecule has 262 valence electrons. The van der Waals surface area contributed by atoms with E-state index in [4.69, 9.17) is 9.47 Å². The van der Waals surface area contributed by atoms with Crippen molar-refractivity contribution in [1.29, 1.82) is 0 Å². The highest BCUT2D eigenvalue weighted by Gasteiger charge is 2.71. The summed E-state index contributed by atoms with van der Waals surface area (Å²) in [7, 11) is 12.3. The maximum Gasteiger partial charge on any atom is 0.362 e. The predicted octanol–water partition coefficient (Wildman–Crippen LogP) is 7.51. The minimum Gasteiger partial charge on any atom is -0.461 e. The number of carbonyl (C=O) groups excluding carboxylic acids is 2. The van der Waals surface area contributed by atoms with Gasteiger partial charge in [0.15, 0.2) is 13.1 Å². The van der Waals surface area contributed by atoms with E-state index in [1.165, 1.54) is 44.1 Å². The van der Waals surface area contributed by atoms with Crippen molar-refractivity contribution >= 4 is 11.9 Å². The molecule has 5 saturated carbocycles. The molecule has 0 aromatic heterocycles. The molecule has 0 amide bonds. The number of fused-ring (bicyclic) bond motifs is 7. The lowest BCUT2D eigenvalue weighted by Gasteiger charge is -2.73. The minimum absolute atomic E-state index is 0.00851. The van der Waals surface area contributed by atoms with Crippen LogP contribution in [-0.2, 0) is 19.1 Å². The molecule has 46 heavy (non-hydrogen) atoms. The van der Waals surface area contributed by atoms with Crippen LogP contribution in [0.3, 0.4) is 0 Å². The molecule has 0 aromatic rings. The van der Waals surface area contributed by atoms with Crippen molar-refractivity contribution < 1.29 is 28.0 Å². The summed E-state index contributed by atoms with van der Waals surface area (Å²) in [4.78, 5) is 26.0. The molecule has 0 radical (unpaired) electrons. The molecule has 10 atom stereocenters. The lowest BCUT2D eigenvalue weighted by Crippen LogP contribution is -2.67. The molecule has 0 spiro atoms. The average molecular weight is 643 g/mol. The Morgan fingerprint density at radius 2 is 1.35 bits per heavy atom. The highest BCUT2D eigenvalue weighted by Crippen LogP contribution is 2.77. The molecular formula is C40H70N2O4+2. The maximum absolute atomic E-state index is 13.0. The fourth-order valence-electron chi connectivity index (χ4n) is 13.0. The number of hydrogen-bond donors (Lipinski definition) is 0. The Morgan fingerprint density at radius 1 is 0.717 bits per heavy atom. The van der Waals surface area contributed by atoms with Crippen LogP contribution >= 0.6 is 0 Å². The second kappa shape index (κ2) is 11.6. The molecule has 6 nitrogen and oxygen atoms in total. The third kappa shape index (κ3) is 5.92. The first kappa shape index (κ1) is 35.9. The fourth-order valence-corrected chi connectivity index (χ4v) is 13.0. The van der Waals surface area contributed by atoms with Gasteiger partial charge < -0.3 is 18.4 Å². The zero-order valence-corrected chi connectivity index (χ0v) is 31.9. The van der Waals surface area contributed by atoms with Crippen LogP contribution in [0.15, 0.2) is 12.2 Å². The zero-order chi connectivity index (χ0) is 34.3. The van der Waals surface area contributed by atoms with Crippen LogP contribution in [0, 0.1) is 56.7 Å². The summed E-state index contributed by atoms with van der Waals surface area (Å²) < 4.78 is 13.7. The van der Waals surface area contributed by atoms with E-state index < -0.39 is 0 Å². The number of nitrogens with zero attached hydrogens (tertiary/aromatic N) is 2. The zero-order valence-electron chi connectivity index (χ0n) is 31.9.